The van der Waals surface area contributed by atoms with Crippen molar-refractivity contribution in [3.63, 3.8) is 0 Å². The molecule has 0 heterocycles. The molecule has 0 aliphatic heterocycles. The van der Waals surface area contributed by atoms with Gasteiger partial charge in [-0.3, -0.25) is 0 Å². The molecule has 0 amide bonds. The highest BCUT2D eigenvalue weighted by Crippen LogP contribution is 2.51. The number of sulfonamides is 1. The molecule has 3 N–H and O–H groups in total. The number of aryl methyl sites for hydroxylation is 1. The Kier molecular flexibility index (Phi) is 4.43. The Morgan fingerprint density at radius 2 is 2.10 bits per heavy atom. The van der Waals surface area contributed by atoms with Gasteiger partial charge in [-0.1, -0.05) is 25.7 Å². The van der Waals surface area contributed by atoms with Crippen LogP contribution in [-0.2, 0) is 10.0 Å². The summed E-state index contributed by atoms with van der Waals surface area (Å²) in [6.07, 6.45) is 1.07. The lowest BCUT2D eigenvalue weighted by molar-refractivity contribution is 0.537. The maximum absolute atomic E-state index is 12.3. The van der Waals surface area contributed by atoms with E-state index in [4.69, 9.17) is 5.73 Å². The lowest BCUT2D eigenvalue weighted by atomic mass is 10.1. The van der Waals surface area contributed by atoms with Crippen molar-refractivity contribution in [2.24, 2.45) is 17.1 Å². The fourth-order valence-corrected chi connectivity index (χ4v) is 3.47. The minimum Gasteiger partial charge on any atom is -0.320 e. The third kappa shape index (κ3) is 3.85. The Morgan fingerprint density at radius 3 is 2.62 bits per heavy atom. The first kappa shape index (κ1) is 16.0. The molecule has 1 aromatic rings. The van der Waals surface area contributed by atoms with Crippen molar-refractivity contribution in [3.05, 3.63) is 29.3 Å². The molecule has 114 valence electrons. The molecule has 1 atom stereocenters. The summed E-state index contributed by atoms with van der Waals surface area (Å²) in [5.74, 6) is 6.14. The van der Waals surface area contributed by atoms with E-state index in [2.05, 4.69) is 30.4 Å². The second-order valence-electron chi connectivity index (χ2n) is 6.22. The average Bonchev–Trinajstić information content (AvgIpc) is 3.03. The van der Waals surface area contributed by atoms with Crippen LogP contribution in [-0.4, -0.2) is 21.5 Å². The summed E-state index contributed by atoms with van der Waals surface area (Å²) in [5.41, 5.74) is 7.25. The van der Waals surface area contributed by atoms with Gasteiger partial charge in [-0.15, -0.1) is 0 Å². The van der Waals surface area contributed by atoms with Gasteiger partial charge in [-0.05, 0) is 48.4 Å². The van der Waals surface area contributed by atoms with Gasteiger partial charge in [-0.2, -0.15) is 0 Å². The van der Waals surface area contributed by atoms with E-state index in [1.807, 2.05) is 6.92 Å². The lowest BCUT2D eigenvalue weighted by Crippen LogP contribution is -2.27. The van der Waals surface area contributed by atoms with Crippen LogP contribution in [0.15, 0.2) is 23.1 Å². The molecule has 1 aliphatic rings. The third-order valence-electron chi connectivity index (χ3n) is 4.07. The van der Waals surface area contributed by atoms with Crippen LogP contribution in [0.25, 0.3) is 0 Å². The van der Waals surface area contributed by atoms with Gasteiger partial charge in [0.25, 0.3) is 0 Å². The van der Waals surface area contributed by atoms with E-state index in [1.54, 1.807) is 18.2 Å². The number of benzene rings is 1. The Bertz CT molecular complexity index is 697. The summed E-state index contributed by atoms with van der Waals surface area (Å²) in [4.78, 5) is 0.289. The molecule has 4 nitrogen and oxygen atoms in total. The zero-order valence-electron chi connectivity index (χ0n) is 12.7. The van der Waals surface area contributed by atoms with Crippen molar-refractivity contribution in [2.75, 3.05) is 13.1 Å². The predicted molar refractivity (Wildman–Crippen MR) is 84.2 cm³/mol. The van der Waals surface area contributed by atoms with Crippen LogP contribution >= 0.6 is 0 Å². The zero-order valence-corrected chi connectivity index (χ0v) is 13.5. The van der Waals surface area contributed by atoms with Gasteiger partial charge in [0.2, 0.25) is 10.0 Å². The monoisotopic (exact) mass is 306 g/mol. The fourth-order valence-electron chi connectivity index (χ4n) is 2.31. The molecule has 0 radical (unpaired) electrons. The summed E-state index contributed by atoms with van der Waals surface area (Å²) in [7, 11) is -3.45. The van der Waals surface area contributed by atoms with Crippen molar-refractivity contribution in [2.45, 2.75) is 32.1 Å². The smallest absolute Gasteiger partial charge is 0.240 e. The van der Waals surface area contributed by atoms with E-state index in [0.29, 0.717) is 12.5 Å². The topological polar surface area (TPSA) is 72.2 Å². The van der Waals surface area contributed by atoms with Crippen molar-refractivity contribution < 1.29 is 8.42 Å². The Morgan fingerprint density at radius 1 is 1.43 bits per heavy atom. The Labute approximate surface area is 127 Å². The molecule has 0 aromatic heterocycles. The molecule has 5 heteroatoms. The standard InChI is InChI=1S/C16H22N2O2S/c1-12-9-15(7-6-13(12)5-4-8-17)21(19,20)18-11-14-10-16(14,2)3/h6-7,9,14,18H,8,10-11,17H2,1-3H3. The fraction of sp³-hybridized carbons (Fsp3) is 0.500. The van der Waals surface area contributed by atoms with Crippen LogP contribution in [0, 0.1) is 30.1 Å². The molecule has 1 fully saturated rings. The minimum absolute atomic E-state index is 0.264. The maximum Gasteiger partial charge on any atom is 0.240 e. The van der Waals surface area contributed by atoms with Crippen LogP contribution in [0.5, 0.6) is 0 Å². The van der Waals surface area contributed by atoms with Crippen molar-refractivity contribution in [1.29, 1.82) is 0 Å². The van der Waals surface area contributed by atoms with Gasteiger partial charge in [-0.25, -0.2) is 13.1 Å². The van der Waals surface area contributed by atoms with Gasteiger partial charge >= 0.3 is 0 Å². The number of nitrogens with one attached hydrogen (secondary N) is 1. The summed E-state index contributed by atoms with van der Waals surface area (Å²) in [6.45, 7) is 6.95. The van der Waals surface area contributed by atoms with Crippen LogP contribution in [0.4, 0.5) is 0 Å². The van der Waals surface area contributed by atoms with E-state index in [0.717, 1.165) is 17.5 Å². The van der Waals surface area contributed by atoms with E-state index in [9.17, 15) is 8.42 Å². The molecule has 0 spiro atoms. The van der Waals surface area contributed by atoms with Crippen molar-refractivity contribution in [3.8, 4) is 11.8 Å². The second-order valence-corrected chi connectivity index (χ2v) is 7.99. The predicted octanol–water partition coefficient (Wildman–Crippen LogP) is 1.63. The third-order valence-corrected chi connectivity index (χ3v) is 5.49. The van der Waals surface area contributed by atoms with Gasteiger partial charge in [0, 0.05) is 12.1 Å². The van der Waals surface area contributed by atoms with E-state index in [-0.39, 0.29) is 16.9 Å². The molecular weight excluding hydrogens is 284 g/mol. The van der Waals surface area contributed by atoms with Crippen LogP contribution < -0.4 is 10.5 Å². The molecule has 2 rings (SSSR count). The number of hydrogen-bond acceptors (Lipinski definition) is 3. The van der Waals surface area contributed by atoms with Crippen molar-refractivity contribution >= 4 is 10.0 Å². The van der Waals surface area contributed by atoms with Crippen molar-refractivity contribution in [1.82, 2.24) is 4.72 Å². The SMILES string of the molecule is Cc1cc(S(=O)(=O)NCC2CC2(C)C)ccc1C#CCN. The van der Waals surface area contributed by atoms with Crippen LogP contribution in [0.2, 0.25) is 0 Å². The molecule has 1 saturated carbocycles. The molecular formula is C16H22N2O2S. The highest BCUT2D eigenvalue weighted by Gasteiger charge is 2.45. The molecule has 0 bridgehead atoms. The van der Waals surface area contributed by atoms with Gasteiger partial charge in [0.05, 0.1) is 11.4 Å². The first-order valence-electron chi connectivity index (χ1n) is 7.05. The summed E-state index contributed by atoms with van der Waals surface area (Å²) in [6, 6.07) is 4.97. The summed E-state index contributed by atoms with van der Waals surface area (Å²) >= 11 is 0. The van der Waals surface area contributed by atoms with E-state index in [1.165, 1.54) is 0 Å². The van der Waals surface area contributed by atoms with E-state index >= 15 is 0 Å². The molecule has 0 saturated heterocycles. The largest absolute Gasteiger partial charge is 0.320 e. The lowest BCUT2D eigenvalue weighted by Gasteiger charge is -2.09. The van der Waals surface area contributed by atoms with E-state index < -0.39 is 10.0 Å². The summed E-state index contributed by atoms with van der Waals surface area (Å²) in [5, 5.41) is 0. The normalized spacial score (nSPS) is 19.7. The quantitative estimate of drug-likeness (QED) is 0.831. The first-order chi connectivity index (χ1) is 9.76. The number of rotatable bonds is 4. The average molecular weight is 306 g/mol. The first-order valence-corrected chi connectivity index (χ1v) is 8.54. The highest BCUT2D eigenvalue weighted by atomic mass is 32.2. The van der Waals surface area contributed by atoms with Gasteiger partial charge in [0.15, 0.2) is 0 Å². The minimum atomic E-state index is -3.45. The molecule has 1 unspecified atom stereocenters. The van der Waals surface area contributed by atoms with Gasteiger partial charge < -0.3 is 5.73 Å². The highest BCUT2D eigenvalue weighted by molar-refractivity contribution is 7.89. The molecule has 1 aliphatic carbocycles. The maximum atomic E-state index is 12.3. The molecule has 1 aromatic carbocycles. The number of hydrogen-bond donors (Lipinski definition) is 2. The van der Waals surface area contributed by atoms with Crippen LogP contribution in [0.1, 0.15) is 31.4 Å². The number of nitrogens with two attached hydrogens (primary N) is 1. The Balaban J connectivity index is 2.11. The second kappa shape index (κ2) is 5.80. The zero-order chi connectivity index (χ0) is 15.7. The summed E-state index contributed by atoms with van der Waals surface area (Å²) < 4.78 is 27.3. The van der Waals surface area contributed by atoms with Gasteiger partial charge in [0.1, 0.15) is 0 Å². The van der Waals surface area contributed by atoms with Crippen LogP contribution in [0.3, 0.4) is 0 Å². The Hall–Kier alpha value is -1.35. The molecule has 21 heavy (non-hydrogen) atoms.